The van der Waals surface area contributed by atoms with E-state index in [0.29, 0.717) is 18.1 Å². The molecule has 0 fully saturated rings. The van der Waals surface area contributed by atoms with Crippen LogP contribution in [0.15, 0.2) is 67.0 Å². The molecule has 8 heteroatoms. The molecular weight excluding hydrogens is 364 g/mol. The average molecular weight is 380 g/mol. The van der Waals surface area contributed by atoms with Crippen molar-refractivity contribution in [2.24, 2.45) is 0 Å². The molecule has 140 valence electrons. The van der Waals surface area contributed by atoms with E-state index in [9.17, 15) is 0 Å². The molecule has 1 aliphatic heterocycles. The molecule has 0 saturated heterocycles. The van der Waals surface area contributed by atoms with E-state index in [1.807, 2.05) is 35.3 Å². The quantitative estimate of drug-likeness (QED) is 0.494. The Labute approximate surface area is 166 Å². The second-order valence-corrected chi connectivity index (χ2v) is 6.59. The molecule has 4 heterocycles. The minimum atomic E-state index is 0.354. The summed E-state index contributed by atoms with van der Waals surface area (Å²) in [4.78, 5) is 13.1. The predicted molar refractivity (Wildman–Crippen MR) is 111 cm³/mol. The standard InChI is InChI=1S/C21H16N8/c22-12-17-11-16(7-9-23-17)25-20-6-5-19-21(26-20)29(28-27-19)13-14-3-4-18-15(10-14)2-1-8-24-18/h1-11,27-28H,13H2,(H,23,25,26). The Balaban J connectivity index is 1.39. The van der Waals surface area contributed by atoms with Gasteiger partial charge in [-0.25, -0.2) is 9.97 Å². The van der Waals surface area contributed by atoms with Crippen molar-refractivity contribution < 1.29 is 0 Å². The molecular formula is C21H16N8. The highest BCUT2D eigenvalue weighted by molar-refractivity contribution is 5.79. The van der Waals surface area contributed by atoms with Crippen molar-refractivity contribution in [3.63, 3.8) is 0 Å². The zero-order chi connectivity index (χ0) is 19.6. The van der Waals surface area contributed by atoms with E-state index in [-0.39, 0.29) is 0 Å². The van der Waals surface area contributed by atoms with Crippen LogP contribution in [0.5, 0.6) is 0 Å². The number of anilines is 4. The minimum Gasteiger partial charge on any atom is -0.340 e. The lowest BCUT2D eigenvalue weighted by Crippen LogP contribution is -2.35. The normalized spacial score (nSPS) is 12.3. The summed E-state index contributed by atoms with van der Waals surface area (Å²) in [6.07, 6.45) is 3.39. The van der Waals surface area contributed by atoms with Crippen molar-refractivity contribution in [1.29, 1.82) is 5.26 Å². The van der Waals surface area contributed by atoms with Gasteiger partial charge in [0.2, 0.25) is 0 Å². The van der Waals surface area contributed by atoms with Gasteiger partial charge >= 0.3 is 0 Å². The summed E-state index contributed by atoms with van der Waals surface area (Å²) in [5.41, 5.74) is 10.4. The lowest BCUT2D eigenvalue weighted by molar-refractivity contribution is 0.718. The van der Waals surface area contributed by atoms with Crippen molar-refractivity contribution in [2.75, 3.05) is 15.8 Å². The summed E-state index contributed by atoms with van der Waals surface area (Å²) in [6.45, 7) is 0.634. The van der Waals surface area contributed by atoms with Crippen LogP contribution in [-0.2, 0) is 6.54 Å². The highest BCUT2D eigenvalue weighted by atomic mass is 15.7. The number of nitriles is 1. The van der Waals surface area contributed by atoms with Gasteiger partial charge in [-0.05, 0) is 48.0 Å². The lowest BCUT2D eigenvalue weighted by atomic mass is 10.1. The Morgan fingerprint density at radius 1 is 1.03 bits per heavy atom. The Morgan fingerprint density at radius 2 is 2.00 bits per heavy atom. The average Bonchev–Trinajstić information content (AvgIpc) is 3.16. The number of pyridine rings is 3. The molecule has 0 saturated carbocycles. The number of aromatic nitrogens is 3. The van der Waals surface area contributed by atoms with Gasteiger partial charge in [-0.2, -0.15) is 5.26 Å². The summed E-state index contributed by atoms with van der Waals surface area (Å²) < 4.78 is 0. The second kappa shape index (κ2) is 7.07. The van der Waals surface area contributed by atoms with Crippen LogP contribution in [0.2, 0.25) is 0 Å². The third kappa shape index (κ3) is 3.38. The fourth-order valence-electron chi connectivity index (χ4n) is 3.24. The first-order chi connectivity index (χ1) is 14.3. The van der Waals surface area contributed by atoms with Crippen LogP contribution in [0.4, 0.5) is 23.0 Å². The highest BCUT2D eigenvalue weighted by Gasteiger charge is 2.21. The zero-order valence-electron chi connectivity index (χ0n) is 15.3. The van der Waals surface area contributed by atoms with Crippen LogP contribution >= 0.6 is 0 Å². The van der Waals surface area contributed by atoms with Gasteiger partial charge in [0, 0.05) is 23.5 Å². The summed E-state index contributed by atoms with van der Waals surface area (Å²) in [7, 11) is 0. The summed E-state index contributed by atoms with van der Waals surface area (Å²) >= 11 is 0. The summed E-state index contributed by atoms with van der Waals surface area (Å²) in [5, 5.41) is 15.3. The summed E-state index contributed by atoms with van der Waals surface area (Å²) in [6, 6.07) is 19.6. The molecule has 3 aromatic heterocycles. The second-order valence-electron chi connectivity index (χ2n) is 6.59. The van der Waals surface area contributed by atoms with Gasteiger partial charge in [-0.15, -0.1) is 5.53 Å². The van der Waals surface area contributed by atoms with Crippen LogP contribution < -0.4 is 21.3 Å². The largest absolute Gasteiger partial charge is 0.340 e. The molecule has 4 aromatic rings. The van der Waals surface area contributed by atoms with Crippen LogP contribution in [0.3, 0.4) is 0 Å². The Bertz CT molecular complexity index is 1250. The first kappa shape index (κ1) is 16.9. The molecule has 1 aromatic carbocycles. The number of benzene rings is 1. The highest BCUT2D eigenvalue weighted by Crippen LogP contribution is 2.30. The molecule has 5 rings (SSSR count). The fourth-order valence-corrected chi connectivity index (χ4v) is 3.24. The van der Waals surface area contributed by atoms with Gasteiger partial charge in [0.1, 0.15) is 17.6 Å². The first-order valence-corrected chi connectivity index (χ1v) is 9.05. The van der Waals surface area contributed by atoms with E-state index < -0.39 is 0 Å². The molecule has 0 bridgehead atoms. The maximum Gasteiger partial charge on any atom is 0.171 e. The number of hydrazine groups is 2. The number of nitrogens with zero attached hydrogens (tertiary/aromatic N) is 5. The minimum absolute atomic E-state index is 0.354. The lowest BCUT2D eigenvalue weighted by Gasteiger charge is -2.18. The summed E-state index contributed by atoms with van der Waals surface area (Å²) in [5.74, 6) is 1.47. The van der Waals surface area contributed by atoms with E-state index >= 15 is 0 Å². The van der Waals surface area contributed by atoms with Crippen molar-refractivity contribution in [2.45, 2.75) is 6.54 Å². The number of nitrogens with one attached hydrogen (secondary N) is 3. The van der Waals surface area contributed by atoms with Crippen molar-refractivity contribution >= 4 is 33.9 Å². The smallest absolute Gasteiger partial charge is 0.171 e. The van der Waals surface area contributed by atoms with Gasteiger partial charge < -0.3 is 10.7 Å². The molecule has 3 N–H and O–H groups in total. The van der Waals surface area contributed by atoms with Gasteiger partial charge in [-0.3, -0.25) is 9.99 Å². The van der Waals surface area contributed by atoms with E-state index in [4.69, 9.17) is 10.2 Å². The monoisotopic (exact) mass is 380 g/mol. The number of hydrogen-bond acceptors (Lipinski definition) is 8. The predicted octanol–water partition coefficient (Wildman–Crippen LogP) is 3.49. The maximum absolute atomic E-state index is 9.01. The van der Waals surface area contributed by atoms with Crippen molar-refractivity contribution in [3.8, 4) is 6.07 Å². The van der Waals surface area contributed by atoms with Crippen LogP contribution in [0.1, 0.15) is 11.3 Å². The molecule has 29 heavy (non-hydrogen) atoms. The van der Waals surface area contributed by atoms with Gasteiger partial charge in [-0.1, -0.05) is 12.1 Å². The first-order valence-electron chi connectivity index (χ1n) is 9.05. The third-order valence-electron chi connectivity index (χ3n) is 4.61. The van der Waals surface area contributed by atoms with Gasteiger partial charge in [0.15, 0.2) is 5.82 Å². The van der Waals surface area contributed by atoms with Crippen molar-refractivity contribution in [3.05, 3.63) is 78.2 Å². The number of hydrogen-bond donors (Lipinski definition) is 3. The van der Waals surface area contributed by atoms with Crippen molar-refractivity contribution in [1.82, 2.24) is 20.5 Å². The van der Waals surface area contributed by atoms with Crippen LogP contribution in [0, 0.1) is 11.3 Å². The topological polar surface area (TPSA) is 102 Å². The van der Waals surface area contributed by atoms with Gasteiger partial charge in [0.05, 0.1) is 17.7 Å². The Hall–Kier alpha value is -4.22. The third-order valence-corrected chi connectivity index (χ3v) is 4.61. The molecule has 0 aliphatic carbocycles. The van der Waals surface area contributed by atoms with E-state index in [1.165, 1.54) is 0 Å². The van der Waals surface area contributed by atoms with Crippen LogP contribution in [-0.4, -0.2) is 15.0 Å². The Kier molecular flexibility index (Phi) is 4.12. The Morgan fingerprint density at radius 3 is 2.93 bits per heavy atom. The maximum atomic E-state index is 9.01. The molecule has 0 spiro atoms. The SMILES string of the molecule is N#Cc1cc(Nc2ccc3c(n2)N(Cc2ccc4ncccc4c2)NN3)ccn1. The van der Waals surface area contributed by atoms with Gasteiger partial charge in [0.25, 0.3) is 0 Å². The number of rotatable bonds is 4. The van der Waals surface area contributed by atoms with E-state index in [0.717, 1.165) is 33.7 Å². The molecule has 0 amide bonds. The molecule has 0 radical (unpaired) electrons. The molecule has 0 atom stereocenters. The fraction of sp³-hybridized carbons (Fsp3) is 0.0476. The number of fused-ring (bicyclic) bond motifs is 2. The zero-order valence-corrected chi connectivity index (χ0v) is 15.3. The van der Waals surface area contributed by atoms with E-state index in [1.54, 1.807) is 24.5 Å². The molecule has 8 nitrogen and oxygen atoms in total. The van der Waals surface area contributed by atoms with E-state index in [2.05, 4.69) is 44.4 Å². The van der Waals surface area contributed by atoms with Crippen LogP contribution in [0.25, 0.3) is 10.9 Å². The molecule has 0 unspecified atom stereocenters. The molecule has 1 aliphatic rings.